The maximum Gasteiger partial charge on any atom is 0.0726 e. The average molecular weight is 888 g/mol. The van der Waals surface area contributed by atoms with E-state index < -0.39 is 5.41 Å². The average Bonchev–Trinajstić information content (AvgIpc) is 4.20. The molecule has 3 aromatic heterocycles. The first-order valence-corrected chi connectivity index (χ1v) is 24.3. The van der Waals surface area contributed by atoms with Gasteiger partial charge in [-0.15, -0.1) is 0 Å². The summed E-state index contributed by atoms with van der Waals surface area (Å²) in [6, 6.07) is 92.9. The Morgan fingerprint density at radius 3 is 1.14 bits per heavy atom. The molecule has 0 N–H and O–H groups in total. The predicted octanol–water partition coefficient (Wildman–Crippen LogP) is 17.0. The molecule has 3 heterocycles. The zero-order valence-corrected chi connectivity index (χ0v) is 38.0. The van der Waals surface area contributed by atoms with Crippen molar-refractivity contribution in [3.05, 3.63) is 271 Å². The van der Waals surface area contributed by atoms with Gasteiger partial charge in [0.2, 0.25) is 0 Å². The van der Waals surface area contributed by atoms with Crippen LogP contribution in [0.1, 0.15) is 22.3 Å². The molecule has 0 atom stereocenters. The Bertz CT molecular complexity index is 4480. The molecule has 0 unspecified atom stereocenters. The van der Waals surface area contributed by atoms with E-state index >= 15 is 0 Å². The van der Waals surface area contributed by atoms with Crippen LogP contribution in [-0.2, 0) is 5.41 Å². The van der Waals surface area contributed by atoms with Crippen LogP contribution in [0.15, 0.2) is 249 Å². The van der Waals surface area contributed by atoms with Crippen LogP contribution < -0.4 is 0 Å². The highest BCUT2D eigenvalue weighted by atomic mass is 15.0. The molecule has 0 amide bonds. The van der Waals surface area contributed by atoms with E-state index in [1.807, 2.05) is 0 Å². The molecule has 0 saturated carbocycles. The molecular formula is C67H41N3. The van der Waals surface area contributed by atoms with Gasteiger partial charge in [-0.3, -0.25) is 0 Å². The van der Waals surface area contributed by atoms with Crippen molar-refractivity contribution in [3.63, 3.8) is 0 Å². The normalized spacial score (nSPS) is 13.3. The van der Waals surface area contributed by atoms with Crippen LogP contribution in [0.25, 0.3) is 116 Å². The van der Waals surface area contributed by atoms with Gasteiger partial charge in [0.25, 0.3) is 0 Å². The summed E-state index contributed by atoms with van der Waals surface area (Å²) in [6.45, 7) is 0. The molecule has 0 bridgehead atoms. The van der Waals surface area contributed by atoms with Gasteiger partial charge < -0.3 is 13.7 Å². The lowest BCUT2D eigenvalue weighted by Gasteiger charge is -2.30. The monoisotopic (exact) mass is 887 g/mol. The third-order valence-electron chi connectivity index (χ3n) is 15.8. The number of hydrogen-bond donors (Lipinski definition) is 0. The lowest BCUT2D eigenvalue weighted by Crippen LogP contribution is -2.25. The molecule has 0 aliphatic heterocycles. The molecule has 3 nitrogen and oxygen atoms in total. The molecular weight excluding hydrogens is 847 g/mol. The number of para-hydroxylation sites is 4. The quantitative estimate of drug-likeness (QED) is 0.167. The Morgan fingerprint density at radius 1 is 0.214 bits per heavy atom. The van der Waals surface area contributed by atoms with Crippen molar-refractivity contribution in [2.24, 2.45) is 0 Å². The highest BCUT2D eigenvalue weighted by Crippen LogP contribution is 2.63. The number of benzene rings is 11. The zero-order chi connectivity index (χ0) is 45.7. The van der Waals surface area contributed by atoms with Crippen LogP contribution in [0.4, 0.5) is 0 Å². The summed E-state index contributed by atoms with van der Waals surface area (Å²) in [5, 5.41) is 7.46. The minimum Gasteiger partial charge on any atom is -0.309 e. The van der Waals surface area contributed by atoms with Crippen LogP contribution in [0, 0.1) is 0 Å². The summed E-state index contributed by atoms with van der Waals surface area (Å²) >= 11 is 0. The van der Waals surface area contributed by atoms with Crippen LogP contribution in [-0.4, -0.2) is 13.7 Å². The van der Waals surface area contributed by atoms with Crippen molar-refractivity contribution < 1.29 is 0 Å². The van der Waals surface area contributed by atoms with Crippen molar-refractivity contribution in [2.45, 2.75) is 5.41 Å². The molecule has 1 spiro atoms. The predicted molar refractivity (Wildman–Crippen MR) is 291 cm³/mol. The smallest absolute Gasteiger partial charge is 0.0726 e. The lowest BCUT2D eigenvalue weighted by molar-refractivity contribution is 0.794. The highest BCUT2D eigenvalue weighted by Gasteiger charge is 2.51. The van der Waals surface area contributed by atoms with Crippen molar-refractivity contribution in [2.75, 3.05) is 0 Å². The fourth-order valence-corrected chi connectivity index (χ4v) is 13.0. The molecule has 14 aromatic rings. The van der Waals surface area contributed by atoms with E-state index in [9.17, 15) is 0 Å². The summed E-state index contributed by atoms with van der Waals surface area (Å²) in [5.74, 6) is 0. The van der Waals surface area contributed by atoms with Crippen molar-refractivity contribution in [1.29, 1.82) is 0 Å². The molecule has 324 valence electrons. The molecule has 3 heteroatoms. The Balaban J connectivity index is 0.987. The van der Waals surface area contributed by atoms with Crippen LogP contribution in [0.5, 0.6) is 0 Å². The van der Waals surface area contributed by atoms with E-state index in [0.717, 1.165) is 11.4 Å². The Labute approximate surface area is 404 Å². The van der Waals surface area contributed by atoms with Gasteiger partial charge in [0, 0.05) is 49.4 Å². The summed E-state index contributed by atoms with van der Waals surface area (Å²) in [4.78, 5) is 0. The van der Waals surface area contributed by atoms with E-state index in [-0.39, 0.29) is 0 Å². The first-order chi connectivity index (χ1) is 34.7. The fourth-order valence-electron chi connectivity index (χ4n) is 13.0. The van der Waals surface area contributed by atoms with Gasteiger partial charge in [0.1, 0.15) is 0 Å². The number of nitrogens with zero attached hydrogens (tertiary/aromatic N) is 3. The highest BCUT2D eigenvalue weighted by molar-refractivity contribution is 6.16. The number of hydrogen-bond acceptors (Lipinski definition) is 0. The van der Waals surface area contributed by atoms with E-state index in [1.165, 1.54) is 127 Å². The fraction of sp³-hybridized carbons (Fsp3) is 0.0149. The summed E-state index contributed by atoms with van der Waals surface area (Å²) in [5.41, 5.74) is 23.2. The second-order valence-electron chi connectivity index (χ2n) is 19.2. The number of aromatic nitrogens is 3. The second kappa shape index (κ2) is 13.9. The summed E-state index contributed by atoms with van der Waals surface area (Å²) in [6.07, 6.45) is 0. The topological polar surface area (TPSA) is 14.8 Å². The molecule has 2 aliphatic rings. The van der Waals surface area contributed by atoms with Gasteiger partial charge in [-0.25, -0.2) is 0 Å². The van der Waals surface area contributed by atoms with Gasteiger partial charge in [-0.05, 0) is 147 Å². The molecule has 11 aromatic carbocycles. The molecule has 70 heavy (non-hydrogen) atoms. The molecule has 16 rings (SSSR count). The van der Waals surface area contributed by atoms with Gasteiger partial charge in [0.15, 0.2) is 0 Å². The van der Waals surface area contributed by atoms with Crippen LogP contribution in [0.2, 0.25) is 0 Å². The molecule has 0 saturated heterocycles. The summed E-state index contributed by atoms with van der Waals surface area (Å²) < 4.78 is 7.35. The van der Waals surface area contributed by atoms with Gasteiger partial charge >= 0.3 is 0 Å². The molecule has 2 aliphatic carbocycles. The maximum atomic E-state index is 2.56. The minimum absolute atomic E-state index is 0.457. The van der Waals surface area contributed by atoms with Gasteiger partial charge in [0.05, 0.1) is 38.5 Å². The third kappa shape index (κ3) is 4.88. The van der Waals surface area contributed by atoms with Crippen molar-refractivity contribution in [3.8, 4) is 50.4 Å². The summed E-state index contributed by atoms with van der Waals surface area (Å²) in [7, 11) is 0. The first kappa shape index (κ1) is 37.9. The number of fused-ring (bicyclic) bond motifs is 19. The SMILES string of the molecule is c1ccc(-n2c3ccccc3c3cc(-c4ccc5c(c4)c4cc6c(cc4n5-c4ccc5c(c4)c4ccccc4n5-c4ccccc4)C4(c5ccccc5-c5ccccc54)c4ccccc4-6)ccc32)cc1. The Hall–Kier alpha value is -9.18. The minimum atomic E-state index is -0.457. The standard InChI is InChI=1S/C67H41N3/c1-3-17-44(18-4-1)68-61-29-15-10-24-50(61)53-37-42(31-34-63(53)68)43-32-35-64-54(38-43)56-40-52-49-23-9-14-28-59(49)67(57-26-12-7-21-47(57)48-22-8-13-27-58(48)67)60(52)41-66(56)70(64)46-33-36-65-55(39-46)51-25-11-16-30-62(51)69(65)45-19-5-2-6-20-45/h1-41H. The van der Waals surface area contributed by atoms with Crippen LogP contribution >= 0.6 is 0 Å². The second-order valence-corrected chi connectivity index (χ2v) is 19.2. The Kier molecular flexibility index (Phi) is 7.54. The largest absolute Gasteiger partial charge is 0.309 e. The first-order valence-electron chi connectivity index (χ1n) is 24.3. The third-order valence-corrected chi connectivity index (χ3v) is 15.8. The molecule has 0 radical (unpaired) electrons. The van der Waals surface area contributed by atoms with E-state index in [1.54, 1.807) is 0 Å². The zero-order valence-electron chi connectivity index (χ0n) is 38.0. The van der Waals surface area contributed by atoms with E-state index in [0.29, 0.717) is 0 Å². The van der Waals surface area contributed by atoms with Crippen molar-refractivity contribution >= 4 is 65.4 Å². The Morgan fingerprint density at radius 2 is 0.600 bits per heavy atom. The number of rotatable bonds is 4. The van der Waals surface area contributed by atoms with Gasteiger partial charge in [-0.1, -0.05) is 158 Å². The van der Waals surface area contributed by atoms with Crippen LogP contribution in [0.3, 0.4) is 0 Å². The van der Waals surface area contributed by atoms with Gasteiger partial charge in [-0.2, -0.15) is 0 Å². The van der Waals surface area contributed by atoms with Crippen molar-refractivity contribution in [1.82, 2.24) is 13.7 Å². The molecule has 0 fully saturated rings. The lowest BCUT2D eigenvalue weighted by atomic mass is 9.70. The maximum absolute atomic E-state index is 2.56. The van der Waals surface area contributed by atoms with E-state index in [4.69, 9.17) is 0 Å². The van der Waals surface area contributed by atoms with E-state index in [2.05, 4.69) is 262 Å².